The lowest BCUT2D eigenvalue weighted by molar-refractivity contribution is 0.0319. The van der Waals surface area contributed by atoms with Crippen LogP contribution >= 0.6 is 15.9 Å². The van der Waals surface area contributed by atoms with Crippen molar-refractivity contribution in [3.63, 3.8) is 0 Å². The van der Waals surface area contributed by atoms with E-state index >= 15 is 0 Å². The highest BCUT2D eigenvalue weighted by Gasteiger charge is 2.20. The molecule has 0 fully saturated rings. The van der Waals surface area contributed by atoms with Crippen LogP contribution in [0.15, 0.2) is 53.0 Å². The second kappa shape index (κ2) is 7.01. The molecule has 1 atom stereocenters. The Morgan fingerprint density at radius 1 is 1.14 bits per heavy atom. The third kappa shape index (κ3) is 3.80. The SMILES string of the molecule is C[C@H](OC(=O)c1cccc(C#N)c1)C(=O)c1ccc(Br)cc1. The highest BCUT2D eigenvalue weighted by atomic mass is 79.9. The first-order valence-corrected chi connectivity index (χ1v) is 7.31. The molecule has 110 valence electrons. The average Bonchev–Trinajstić information content (AvgIpc) is 2.54. The molecule has 0 amide bonds. The number of nitrogens with zero attached hydrogens (tertiary/aromatic N) is 1. The molecular formula is C17H12BrNO3. The third-order valence-corrected chi connectivity index (χ3v) is 3.54. The van der Waals surface area contributed by atoms with Gasteiger partial charge >= 0.3 is 5.97 Å². The highest BCUT2D eigenvalue weighted by molar-refractivity contribution is 9.10. The maximum absolute atomic E-state index is 12.2. The molecule has 0 unspecified atom stereocenters. The first-order chi connectivity index (χ1) is 10.5. The summed E-state index contributed by atoms with van der Waals surface area (Å²) in [6, 6.07) is 14.9. The monoisotopic (exact) mass is 357 g/mol. The molecule has 0 aliphatic heterocycles. The smallest absolute Gasteiger partial charge is 0.338 e. The van der Waals surface area contributed by atoms with Crippen LogP contribution in [0.2, 0.25) is 0 Å². The minimum atomic E-state index is -0.903. The van der Waals surface area contributed by atoms with E-state index in [0.29, 0.717) is 11.1 Å². The quantitative estimate of drug-likeness (QED) is 0.617. The van der Waals surface area contributed by atoms with Gasteiger partial charge in [0.05, 0.1) is 17.2 Å². The topological polar surface area (TPSA) is 67.2 Å². The summed E-state index contributed by atoms with van der Waals surface area (Å²) in [7, 11) is 0. The van der Waals surface area contributed by atoms with Crippen molar-refractivity contribution in [2.45, 2.75) is 13.0 Å². The van der Waals surface area contributed by atoms with Gasteiger partial charge in [-0.25, -0.2) is 4.79 Å². The summed E-state index contributed by atoms with van der Waals surface area (Å²) in [6.07, 6.45) is -0.903. The number of ketones is 1. The molecule has 0 heterocycles. The van der Waals surface area contributed by atoms with E-state index in [0.717, 1.165) is 4.47 Å². The van der Waals surface area contributed by atoms with Gasteiger partial charge in [-0.3, -0.25) is 4.79 Å². The zero-order valence-corrected chi connectivity index (χ0v) is 13.3. The lowest BCUT2D eigenvalue weighted by Gasteiger charge is -2.12. The molecule has 2 aromatic rings. The number of carbonyl (C=O) groups excluding carboxylic acids is 2. The van der Waals surface area contributed by atoms with Gasteiger partial charge in [0.2, 0.25) is 5.78 Å². The molecule has 0 aliphatic carbocycles. The molecule has 0 saturated heterocycles. The average molecular weight is 358 g/mol. The van der Waals surface area contributed by atoms with Gasteiger partial charge < -0.3 is 4.74 Å². The van der Waals surface area contributed by atoms with Crippen LogP contribution in [0.25, 0.3) is 0 Å². The van der Waals surface area contributed by atoms with Crippen molar-refractivity contribution in [1.29, 1.82) is 5.26 Å². The minimum absolute atomic E-state index is 0.245. The van der Waals surface area contributed by atoms with Crippen LogP contribution in [0.5, 0.6) is 0 Å². The predicted molar refractivity (Wildman–Crippen MR) is 84.5 cm³/mol. The second-order valence-electron chi connectivity index (χ2n) is 4.61. The van der Waals surface area contributed by atoms with Crippen LogP contribution in [0.4, 0.5) is 0 Å². The number of hydrogen-bond donors (Lipinski definition) is 0. The first kappa shape index (κ1) is 15.9. The Morgan fingerprint density at radius 2 is 1.82 bits per heavy atom. The molecule has 22 heavy (non-hydrogen) atoms. The van der Waals surface area contributed by atoms with Gasteiger partial charge in [0.25, 0.3) is 0 Å². The molecule has 0 spiro atoms. The van der Waals surface area contributed by atoms with Gasteiger partial charge in [0, 0.05) is 10.0 Å². The second-order valence-corrected chi connectivity index (χ2v) is 5.53. The lowest BCUT2D eigenvalue weighted by Crippen LogP contribution is -2.24. The van der Waals surface area contributed by atoms with Gasteiger partial charge in [-0.2, -0.15) is 5.26 Å². The number of halogens is 1. The number of ether oxygens (including phenoxy) is 1. The van der Waals surface area contributed by atoms with E-state index < -0.39 is 12.1 Å². The van der Waals surface area contributed by atoms with Crippen molar-refractivity contribution in [2.24, 2.45) is 0 Å². The maximum atomic E-state index is 12.2. The molecule has 0 aromatic heterocycles. The number of nitriles is 1. The largest absolute Gasteiger partial charge is 0.451 e. The zero-order valence-electron chi connectivity index (χ0n) is 11.7. The van der Waals surface area contributed by atoms with E-state index in [2.05, 4.69) is 15.9 Å². The molecule has 0 aliphatic rings. The Labute approximate surface area is 136 Å². The molecule has 0 bridgehead atoms. The molecule has 0 N–H and O–H groups in total. The number of benzene rings is 2. The van der Waals surface area contributed by atoms with E-state index in [1.165, 1.54) is 13.0 Å². The molecular weight excluding hydrogens is 346 g/mol. The zero-order chi connectivity index (χ0) is 16.1. The van der Waals surface area contributed by atoms with E-state index in [4.69, 9.17) is 10.00 Å². The van der Waals surface area contributed by atoms with Crippen molar-refractivity contribution < 1.29 is 14.3 Å². The van der Waals surface area contributed by atoms with E-state index in [1.54, 1.807) is 42.5 Å². The molecule has 4 nitrogen and oxygen atoms in total. The Morgan fingerprint density at radius 3 is 2.45 bits per heavy atom. The Kier molecular flexibility index (Phi) is 5.08. The fraction of sp³-hybridized carbons (Fsp3) is 0.118. The number of Topliss-reactive ketones (excluding diaryl/α,β-unsaturated/α-hetero) is 1. The fourth-order valence-corrected chi connectivity index (χ4v) is 2.11. The van der Waals surface area contributed by atoms with Gasteiger partial charge in [0.15, 0.2) is 6.10 Å². The Bertz CT molecular complexity index is 747. The normalized spacial score (nSPS) is 11.3. The fourth-order valence-electron chi connectivity index (χ4n) is 1.85. The Balaban J connectivity index is 2.09. The molecule has 0 radical (unpaired) electrons. The summed E-state index contributed by atoms with van der Waals surface area (Å²) in [5, 5.41) is 8.82. The summed E-state index contributed by atoms with van der Waals surface area (Å²) in [4.78, 5) is 24.2. The minimum Gasteiger partial charge on any atom is -0.451 e. The van der Waals surface area contributed by atoms with Gasteiger partial charge in [0.1, 0.15) is 0 Å². The number of esters is 1. The van der Waals surface area contributed by atoms with E-state index in [9.17, 15) is 9.59 Å². The maximum Gasteiger partial charge on any atom is 0.338 e. The van der Waals surface area contributed by atoms with Crippen LogP contribution in [0.3, 0.4) is 0 Å². The van der Waals surface area contributed by atoms with Crippen molar-refractivity contribution in [3.8, 4) is 6.07 Å². The van der Waals surface area contributed by atoms with Gasteiger partial charge in [-0.1, -0.05) is 34.1 Å². The van der Waals surface area contributed by atoms with Crippen LogP contribution < -0.4 is 0 Å². The molecule has 2 rings (SSSR count). The van der Waals surface area contributed by atoms with E-state index in [1.807, 2.05) is 6.07 Å². The van der Waals surface area contributed by atoms with Crippen molar-refractivity contribution in [1.82, 2.24) is 0 Å². The van der Waals surface area contributed by atoms with Crippen molar-refractivity contribution in [3.05, 3.63) is 69.7 Å². The van der Waals surface area contributed by atoms with Crippen molar-refractivity contribution >= 4 is 27.7 Å². The van der Waals surface area contributed by atoms with Crippen molar-refractivity contribution in [2.75, 3.05) is 0 Å². The number of hydrogen-bond acceptors (Lipinski definition) is 4. The Hall–Kier alpha value is -2.45. The third-order valence-electron chi connectivity index (χ3n) is 3.01. The van der Waals surface area contributed by atoms with Crippen LogP contribution in [0, 0.1) is 11.3 Å². The highest BCUT2D eigenvalue weighted by Crippen LogP contribution is 2.14. The lowest BCUT2D eigenvalue weighted by atomic mass is 10.1. The van der Waals surface area contributed by atoms with Crippen LogP contribution in [0.1, 0.15) is 33.2 Å². The first-order valence-electron chi connectivity index (χ1n) is 6.52. The summed E-state index contributed by atoms with van der Waals surface area (Å²) < 4.78 is 6.04. The summed E-state index contributed by atoms with van der Waals surface area (Å²) in [5.74, 6) is -0.910. The predicted octanol–water partition coefficient (Wildman–Crippen LogP) is 3.75. The van der Waals surface area contributed by atoms with Crippen LogP contribution in [-0.2, 0) is 4.74 Å². The van der Waals surface area contributed by atoms with E-state index in [-0.39, 0.29) is 11.3 Å². The standard InChI is InChI=1S/C17H12BrNO3/c1-11(16(20)13-5-7-15(18)8-6-13)22-17(21)14-4-2-3-12(9-14)10-19/h2-9,11H,1H3/t11-/m0/s1. The van der Waals surface area contributed by atoms with Crippen LogP contribution in [-0.4, -0.2) is 17.9 Å². The number of rotatable bonds is 4. The molecule has 0 saturated carbocycles. The molecule has 2 aromatic carbocycles. The molecule has 5 heteroatoms. The summed E-state index contributed by atoms with van der Waals surface area (Å²) in [6.45, 7) is 1.52. The van der Waals surface area contributed by atoms with Gasteiger partial charge in [-0.05, 0) is 37.3 Å². The summed E-state index contributed by atoms with van der Waals surface area (Å²) in [5.41, 5.74) is 1.07. The summed E-state index contributed by atoms with van der Waals surface area (Å²) >= 11 is 3.29. The van der Waals surface area contributed by atoms with Gasteiger partial charge in [-0.15, -0.1) is 0 Å². The number of carbonyl (C=O) groups is 2.